The van der Waals surface area contributed by atoms with Gasteiger partial charge < -0.3 is 10.1 Å². The maximum absolute atomic E-state index is 12.6. The first-order valence-electron chi connectivity index (χ1n) is 9.35. The smallest absolute Gasteiger partial charge is 0.341 e. The first-order chi connectivity index (χ1) is 12.9. The lowest BCUT2D eigenvalue weighted by atomic mass is 9.95. The van der Waals surface area contributed by atoms with E-state index in [0.717, 1.165) is 36.8 Å². The Labute approximate surface area is 164 Å². The Kier molecular flexibility index (Phi) is 6.11. The number of anilines is 1. The molecule has 1 aliphatic rings. The van der Waals surface area contributed by atoms with E-state index in [1.165, 1.54) is 27.9 Å². The van der Waals surface area contributed by atoms with Gasteiger partial charge in [-0.15, -0.1) is 11.3 Å². The Balaban J connectivity index is 1.80. The van der Waals surface area contributed by atoms with Gasteiger partial charge in [-0.25, -0.2) is 4.79 Å². The number of fused-ring (bicyclic) bond motifs is 1. The quantitative estimate of drug-likeness (QED) is 0.574. The number of hydrogen-bond donors (Lipinski definition) is 1. The van der Waals surface area contributed by atoms with Crippen LogP contribution in [-0.4, -0.2) is 18.0 Å². The van der Waals surface area contributed by atoms with E-state index in [4.69, 9.17) is 4.74 Å². The molecule has 0 unspecified atom stereocenters. The van der Waals surface area contributed by atoms with Gasteiger partial charge in [0.05, 0.1) is 11.7 Å². The van der Waals surface area contributed by atoms with Crippen LogP contribution in [-0.2, 0) is 22.4 Å². The maximum atomic E-state index is 12.6. The molecule has 142 valence electrons. The van der Waals surface area contributed by atoms with Crippen LogP contribution >= 0.6 is 11.3 Å². The zero-order valence-electron chi connectivity index (χ0n) is 16.0. The fraction of sp³-hybridized carbons (Fsp3) is 0.364. The number of aryl methyl sites for hydroxylation is 2. The lowest BCUT2D eigenvalue weighted by Gasteiger charge is -2.14. The lowest BCUT2D eigenvalue weighted by Crippen LogP contribution is -2.17. The Hall–Kier alpha value is -2.40. The Morgan fingerprint density at radius 3 is 2.56 bits per heavy atom. The van der Waals surface area contributed by atoms with Crippen molar-refractivity contribution >= 4 is 34.3 Å². The minimum Gasteiger partial charge on any atom is -0.459 e. The van der Waals surface area contributed by atoms with Gasteiger partial charge in [0.15, 0.2) is 0 Å². The number of ether oxygens (including phenoxy) is 1. The zero-order chi connectivity index (χ0) is 19.4. The van der Waals surface area contributed by atoms with Crippen molar-refractivity contribution in [3.8, 4) is 0 Å². The standard InChI is InChI=1S/C22H25NO3S/c1-14(2)26-22(25)20-17-6-4-5-7-18(17)27-21(20)23-19(24)13-12-16-10-8-15(3)9-11-16/h8-14H,4-7H2,1-3H3,(H,23,24)/b13-12+. The molecule has 0 saturated carbocycles. The number of amides is 1. The monoisotopic (exact) mass is 383 g/mol. The molecule has 0 spiro atoms. The molecular weight excluding hydrogens is 358 g/mol. The molecule has 4 nitrogen and oxygen atoms in total. The van der Waals surface area contributed by atoms with Crippen LogP contribution in [0.2, 0.25) is 0 Å². The molecule has 5 heteroatoms. The molecule has 1 amide bonds. The molecular formula is C22H25NO3S. The summed E-state index contributed by atoms with van der Waals surface area (Å²) in [4.78, 5) is 26.2. The molecule has 3 rings (SSSR count). The molecule has 0 bridgehead atoms. The summed E-state index contributed by atoms with van der Waals surface area (Å²) in [5.41, 5.74) is 3.73. The average Bonchev–Trinajstić information content (AvgIpc) is 2.98. The maximum Gasteiger partial charge on any atom is 0.341 e. The summed E-state index contributed by atoms with van der Waals surface area (Å²) in [6, 6.07) is 7.94. The number of benzene rings is 1. The summed E-state index contributed by atoms with van der Waals surface area (Å²) < 4.78 is 5.42. The molecule has 1 N–H and O–H groups in total. The summed E-state index contributed by atoms with van der Waals surface area (Å²) in [7, 11) is 0. The lowest BCUT2D eigenvalue weighted by molar-refractivity contribution is -0.111. The van der Waals surface area contributed by atoms with E-state index in [2.05, 4.69) is 5.32 Å². The third kappa shape index (κ3) is 4.86. The number of esters is 1. The van der Waals surface area contributed by atoms with Gasteiger partial charge in [-0.3, -0.25) is 4.79 Å². The van der Waals surface area contributed by atoms with Crippen LogP contribution in [0.25, 0.3) is 6.08 Å². The molecule has 0 atom stereocenters. The molecule has 1 aromatic heterocycles. The van der Waals surface area contributed by atoms with E-state index in [0.29, 0.717) is 10.6 Å². The van der Waals surface area contributed by atoms with Crippen molar-refractivity contribution in [2.24, 2.45) is 0 Å². The highest BCUT2D eigenvalue weighted by Crippen LogP contribution is 2.38. The predicted octanol–water partition coefficient (Wildman–Crippen LogP) is 5.15. The van der Waals surface area contributed by atoms with Crippen LogP contribution in [0.3, 0.4) is 0 Å². The summed E-state index contributed by atoms with van der Waals surface area (Å²) in [5, 5.41) is 3.50. The molecule has 0 radical (unpaired) electrons. The minimum absolute atomic E-state index is 0.193. The number of rotatable bonds is 5. The van der Waals surface area contributed by atoms with Crippen LogP contribution < -0.4 is 5.32 Å². The Morgan fingerprint density at radius 1 is 1.15 bits per heavy atom. The van der Waals surface area contributed by atoms with Crippen LogP contribution in [0.15, 0.2) is 30.3 Å². The van der Waals surface area contributed by atoms with Crippen molar-refractivity contribution in [1.29, 1.82) is 0 Å². The Bertz CT molecular complexity index is 862. The van der Waals surface area contributed by atoms with Crippen LogP contribution in [0.4, 0.5) is 5.00 Å². The van der Waals surface area contributed by atoms with E-state index in [9.17, 15) is 9.59 Å². The Morgan fingerprint density at radius 2 is 1.85 bits per heavy atom. The first kappa shape index (κ1) is 19.4. The molecule has 1 aromatic carbocycles. The second-order valence-electron chi connectivity index (χ2n) is 7.10. The third-order valence-electron chi connectivity index (χ3n) is 4.46. The third-order valence-corrected chi connectivity index (χ3v) is 5.67. The molecule has 0 aliphatic heterocycles. The second-order valence-corrected chi connectivity index (χ2v) is 8.21. The van der Waals surface area contributed by atoms with Crippen molar-refractivity contribution in [1.82, 2.24) is 0 Å². The molecule has 1 heterocycles. The average molecular weight is 384 g/mol. The van der Waals surface area contributed by atoms with Crippen molar-refractivity contribution < 1.29 is 14.3 Å². The number of hydrogen-bond acceptors (Lipinski definition) is 4. The van der Waals surface area contributed by atoms with Gasteiger partial charge in [0.1, 0.15) is 5.00 Å². The summed E-state index contributed by atoms with van der Waals surface area (Å²) in [6.07, 6.45) is 7.08. The van der Waals surface area contributed by atoms with E-state index in [1.54, 1.807) is 6.08 Å². The number of nitrogens with one attached hydrogen (secondary N) is 1. The van der Waals surface area contributed by atoms with E-state index >= 15 is 0 Å². The van der Waals surface area contributed by atoms with Crippen molar-refractivity contribution in [3.63, 3.8) is 0 Å². The fourth-order valence-corrected chi connectivity index (χ4v) is 4.43. The summed E-state index contributed by atoms with van der Waals surface area (Å²) in [5.74, 6) is -0.588. The summed E-state index contributed by atoms with van der Waals surface area (Å²) in [6.45, 7) is 5.69. The highest BCUT2D eigenvalue weighted by atomic mass is 32.1. The highest BCUT2D eigenvalue weighted by Gasteiger charge is 2.27. The van der Waals surface area contributed by atoms with Crippen molar-refractivity contribution in [3.05, 3.63) is 57.5 Å². The molecule has 1 aliphatic carbocycles. The van der Waals surface area contributed by atoms with Gasteiger partial charge in [0.2, 0.25) is 5.91 Å². The van der Waals surface area contributed by atoms with Gasteiger partial charge >= 0.3 is 5.97 Å². The topological polar surface area (TPSA) is 55.4 Å². The number of carbonyl (C=O) groups is 2. The largest absolute Gasteiger partial charge is 0.459 e. The number of carbonyl (C=O) groups excluding carboxylic acids is 2. The fourth-order valence-electron chi connectivity index (χ4n) is 3.15. The molecule has 27 heavy (non-hydrogen) atoms. The molecule has 0 fully saturated rings. The number of thiophene rings is 1. The van der Waals surface area contributed by atoms with Crippen LogP contribution in [0, 0.1) is 6.92 Å². The van der Waals surface area contributed by atoms with E-state index in [-0.39, 0.29) is 18.0 Å². The summed E-state index contributed by atoms with van der Waals surface area (Å²) >= 11 is 1.50. The molecule has 2 aromatic rings. The molecule has 0 saturated heterocycles. The van der Waals surface area contributed by atoms with Gasteiger partial charge in [0, 0.05) is 11.0 Å². The zero-order valence-corrected chi connectivity index (χ0v) is 16.8. The highest BCUT2D eigenvalue weighted by molar-refractivity contribution is 7.17. The van der Waals surface area contributed by atoms with E-state index < -0.39 is 0 Å². The minimum atomic E-state index is -0.345. The van der Waals surface area contributed by atoms with Crippen LogP contribution in [0.1, 0.15) is 58.6 Å². The van der Waals surface area contributed by atoms with Gasteiger partial charge in [-0.2, -0.15) is 0 Å². The van der Waals surface area contributed by atoms with E-state index in [1.807, 2.05) is 45.0 Å². The SMILES string of the molecule is Cc1ccc(/C=C/C(=O)Nc2sc3c(c2C(=O)OC(C)C)CCCC3)cc1. The van der Waals surface area contributed by atoms with Gasteiger partial charge in [-0.05, 0) is 63.7 Å². The van der Waals surface area contributed by atoms with Crippen LogP contribution in [0.5, 0.6) is 0 Å². The van der Waals surface area contributed by atoms with Gasteiger partial charge in [0.25, 0.3) is 0 Å². The van der Waals surface area contributed by atoms with Crippen molar-refractivity contribution in [2.45, 2.75) is 52.6 Å². The predicted molar refractivity (Wildman–Crippen MR) is 110 cm³/mol. The normalized spacial score (nSPS) is 13.6. The van der Waals surface area contributed by atoms with Crippen molar-refractivity contribution in [2.75, 3.05) is 5.32 Å². The van der Waals surface area contributed by atoms with Gasteiger partial charge in [-0.1, -0.05) is 29.8 Å². The first-order valence-corrected chi connectivity index (χ1v) is 10.2. The second kappa shape index (κ2) is 8.53.